The first-order chi connectivity index (χ1) is 12.3. The van der Waals surface area contributed by atoms with E-state index in [1.54, 1.807) is 7.11 Å². The number of ether oxygens (including phenoxy) is 1. The molecule has 0 atom stereocenters. The van der Waals surface area contributed by atoms with Crippen LogP contribution in [0.2, 0.25) is 5.02 Å². The summed E-state index contributed by atoms with van der Waals surface area (Å²) in [6.45, 7) is 3.47. The van der Waals surface area contributed by atoms with Crippen LogP contribution >= 0.6 is 11.6 Å². The minimum absolute atomic E-state index is 0.769. The third-order valence-electron chi connectivity index (χ3n) is 4.75. The highest BCUT2D eigenvalue weighted by atomic mass is 35.5. The van der Waals surface area contributed by atoms with Gasteiger partial charge in [-0.25, -0.2) is 0 Å². The van der Waals surface area contributed by atoms with Gasteiger partial charge < -0.3 is 4.74 Å². The van der Waals surface area contributed by atoms with Crippen LogP contribution < -0.4 is 4.74 Å². The molecule has 0 aliphatic carbocycles. The van der Waals surface area contributed by atoms with Gasteiger partial charge >= 0.3 is 0 Å². The Morgan fingerprint density at radius 2 is 1.84 bits per heavy atom. The molecule has 3 rings (SSSR count). The van der Waals surface area contributed by atoms with Gasteiger partial charge in [-0.3, -0.25) is 4.90 Å². The molecule has 0 N–H and O–H groups in total. The number of rotatable bonds is 5. The van der Waals surface area contributed by atoms with E-state index in [-0.39, 0.29) is 0 Å². The van der Waals surface area contributed by atoms with E-state index in [9.17, 15) is 0 Å². The summed E-state index contributed by atoms with van der Waals surface area (Å²) in [7, 11) is 1.68. The molecule has 2 nitrogen and oxygen atoms in total. The number of benzene rings is 2. The quantitative estimate of drug-likeness (QED) is 0.661. The van der Waals surface area contributed by atoms with E-state index in [4.69, 9.17) is 16.3 Å². The van der Waals surface area contributed by atoms with Crippen LogP contribution in [-0.4, -0.2) is 31.6 Å². The number of halogens is 1. The molecule has 132 valence electrons. The van der Waals surface area contributed by atoms with E-state index in [1.165, 1.54) is 38.8 Å². The molecule has 3 heteroatoms. The fraction of sp³-hybridized carbons (Fsp3) is 0.364. The van der Waals surface area contributed by atoms with E-state index in [0.717, 1.165) is 34.0 Å². The molecular formula is C22H26ClNO. The summed E-state index contributed by atoms with van der Waals surface area (Å²) in [5.74, 6) is 0.843. The standard InChI is InChI=1S/C22H26ClNO/c1-25-20-10-6-9-19(17-20)21-12-11-18(16-22(21)23)8-7-15-24-13-4-2-3-5-14-24/h6-12,16-17H,2-5,13-15H2,1H3/b8-7-. The van der Waals surface area contributed by atoms with Crippen LogP contribution in [-0.2, 0) is 0 Å². The van der Waals surface area contributed by atoms with E-state index < -0.39 is 0 Å². The molecule has 2 aromatic rings. The maximum Gasteiger partial charge on any atom is 0.119 e. The molecule has 0 bridgehead atoms. The SMILES string of the molecule is COc1cccc(-c2ccc(/C=C\CN3CCCCCC3)cc2Cl)c1. The molecule has 0 amide bonds. The van der Waals surface area contributed by atoms with Gasteiger partial charge in [-0.2, -0.15) is 0 Å². The summed E-state index contributed by atoms with van der Waals surface area (Å²) >= 11 is 6.52. The number of nitrogens with zero attached hydrogens (tertiary/aromatic N) is 1. The van der Waals surface area contributed by atoms with Gasteiger partial charge in [0.2, 0.25) is 0 Å². The van der Waals surface area contributed by atoms with Crippen LogP contribution in [0.15, 0.2) is 48.5 Å². The lowest BCUT2D eigenvalue weighted by molar-refractivity contribution is 0.316. The van der Waals surface area contributed by atoms with Crippen LogP contribution in [0.25, 0.3) is 17.2 Å². The molecule has 2 aromatic carbocycles. The molecule has 0 radical (unpaired) electrons. The minimum Gasteiger partial charge on any atom is -0.497 e. The lowest BCUT2D eigenvalue weighted by atomic mass is 10.0. The van der Waals surface area contributed by atoms with Gasteiger partial charge in [-0.1, -0.05) is 60.9 Å². The zero-order valence-corrected chi connectivity index (χ0v) is 15.6. The van der Waals surface area contributed by atoms with Crippen LogP contribution in [0.4, 0.5) is 0 Å². The first-order valence-electron chi connectivity index (χ1n) is 9.09. The second kappa shape index (κ2) is 9.07. The van der Waals surface area contributed by atoms with Crippen molar-refractivity contribution < 1.29 is 4.74 Å². The summed E-state index contributed by atoms with van der Waals surface area (Å²) in [5.41, 5.74) is 3.25. The second-order valence-electron chi connectivity index (χ2n) is 6.59. The van der Waals surface area contributed by atoms with Crippen molar-refractivity contribution in [2.45, 2.75) is 25.7 Å². The van der Waals surface area contributed by atoms with E-state index in [0.29, 0.717) is 0 Å². The molecule has 1 aliphatic heterocycles. The number of hydrogen-bond donors (Lipinski definition) is 0. The maximum absolute atomic E-state index is 6.52. The van der Waals surface area contributed by atoms with Crippen molar-refractivity contribution in [1.29, 1.82) is 0 Å². The third kappa shape index (κ3) is 5.10. The van der Waals surface area contributed by atoms with Crippen LogP contribution in [0.1, 0.15) is 31.2 Å². The molecule has 1 fully saturated rings. The Balaban J connectivity index is 1.67. The van der Waals surface area contributed by atoms with Crippen molar-refractivity contribution in [1.82, 2.24) is 4.90 Å². The fourth-order valence-electron chi connectivity index (χ4n) is 3.32. The van der Waals surface area contributed by atoms with Gasteiger partial charge in [0.1, 0.15) is 5.75 Å². The Hall–Kier alpha value is -1.77. The summed E-state index contributed by atoms with van der Waals surface area (Å²) in [4.78, 5) is 2.54. The summed E-state index contributed by atoms with van der Waals surface area (Å²) in [5, 5.41) is 0.769. The van der Waals surface area contributed by atoms with Gasteiger partial charge in [-0.05, 0) is 55.3 Å². The first-order valence-corrected chi connectivity index (χ1v) is 9.47. The van der Waals surface area contributed by atoms with Crippen LogP contribution in [0.3, 0.4) is 0 Å². The number of hydrogen-bond acceptors (Lipinski definition) is 2. The lowest BCUT2D eigenvalue weighted by Gasteiger charge is -2.17. The average molecular weight is 356 g/mol. The smallest absolute Gasteiger partial charge is 0.119 e. The molecule has 0 spiro atoms. The Morgan fingerprint density at radius 1 is 1.04 bits per heavy atom. The fourth-order valence-corrected chi connectivity index (χ4v) is 3.61. The van der Waals surface area contributed by atoms with Crippen molar-refractivity contribution >= 4 is 17.7 Å². The van der Waals surface area contributed by atoms with Gasteiger partial charge in [0.05, 0.1) is 7.11 Å². The molecule has 0 aromatic heterocycles. The molecule has 25 heavy (non-hydrogen) atoms. The monoisotopic (exact) mass is 355 g/mol. The van der Waals surface area contributed by atoms with Gasteiger partial charge in [0.25, 0.3) is 0 Å². The van der Waals surface area contributed by atoms with Gasteiger partial charge in [0, 0.05) is 17.1 Å². The van der Waals surface area contributed by atoms with Crippen LogP contribution in [0, 0.1) is 0 Å². The third-order valence-corrected chi connectivity index (χ3v) is 5.06. The normalized spacial score (nSPS) is 16.1. The predicted octanol–water partition coefficient (Wildman–Crippen LogP) is 5.90. The lowest BCUT2D eigenvalue weighted by Crippen LogP contribution is -2.24. The molecule has 1 heterocycles. The highest BCUT2D eigenvalue weighted by Crippen LogP contribution is 2.31. The van der Waals surface area contributed by atoms with Crippen molar-refractivity contribution in [2.24, 2.45) is 0 Å². The molecule has 1 saturated heterocycles. The highest BCUT2D eigenvalue weighted by Gasteiger charge is 2.07. The zero-order valence-electron chi connectivity index (χ0n) is 14.9. The molecule has 0 saturated carbocycles. The second-order valence-corrected chi connectivity index (χ2v) is 7.00. The largest absolute Gasteiger partial charge is 0.497 e. The predicted molar refractivity (Wildman–Crippen MR) is 107 cm³/mol. The Morgan fingerprint density at radius 3 is 2.56 bits per heavy atom. The molecule has 0 unspecified atom stereocenters. The number of likely N-dealkylation sites (tertiary alicyclic amines) is 1. The van der Waals surface area contributed by atoms with Crippen LogP contribution in [0.5, 0.6) is 5.75 Å². The van der Waals surface area contributed by atoms with E-state index >= 15 is 0 Å². The Kier molecular flexibility index (Phi) is 6.55. The molecule has 1 aliphatic rings. The average Bonchev–Trinajstić information content (AvgIpc) is 2.91. The van der Waals surface area contributed by atoms with Crippen molar-refractivity contribution in [3.8, 4) is 16.9 Å². The Bertz CT molecular complexity index is 718. The van der Waals surface area contributed by atoms with Gasteiger partial charge in [-0.15, -0.1) is 0 Å². The van der Waals surface area contributed by atoms with E-state index in [2.05, 4.69) is 35.3 Å². The maximum atomic E-state index is 6.52. The highest BCUT2D eigenvalue weighted by molar-refractivity contribution is 6.33. The minimum atomic E-state index is 0.769. The Labute approximate surface area is 156 Å². The topological polar surface area (TPSA) is 12.5 Å². The van der Waals surface area contributed by atoms with Crippen molar-refractivity contribution in [3.63, 3.8) is 0 Å². The summed E-state index contributed by atoms with van der Waals surface area (Å²) in [6, 6.07) is 14.2. The zero-order chi connectivity index (χ0) is 17.5. The molecular weight excluding hydrogens is 330 g/mol. The van der Waals surface area contributed by atoms with Gasteiger partial charge in [0.15, 0.2) is 0 Å². The summed E-state index contributed by atoms with van der Waals surface area (Å²) in [6.07, 6.45) is 9.83. The van der Waals surface area contributed by atoms with Crippen molar-refractivity contribution in [3.05, 3.63) is 59.1 Å². The van der Waals surface area contributed by atoms with Crippen molar-refractivity contribution in [2.75, 3.05) is 26.7 Å². The summed E-state index contributed by atoms with van der Waals surface area (Å²) < 4.78 is 5.30. The first kappa shape index (κ1) is 18.0. The van der Waals surface area contributed by atoms with E-state index in [1.807, 2.05) is 24.3 Å². The number of methoxy groups -OCH3 is 1.